The molecule has 0 fully saturated rings. The van der Waals surface area contributed by atoms with Crippen LogP contribution in [0.15, 0.2) is 120 Å². The van der Waals surface area contributed by atoms with Gasteiger partial charge in [0.05, 0.1) is 16.4 Å². The molecular weight excluding hydrogens is 515 g/mol. The van der Waals surface area contributed by atoms with Gasteiger partial charge in [-0.25, -0.2) is 4.99 Å². The Bertz CT molecular complexity index is 1490. The Morgan fingerprint density at radius 2 is 1.47 bits per heavy atom. The molecule has 0 aliphatic heterocycles. The summed E-state index contributed by atoms with van der Waals surface area (Å²) in [5.74, 6) is 0.781. The zero-order valence-corrected chi connectivity index (χ0v) is 20.5. The van der Waals surface area contributed by atoms with Crippen molar-refractivity contribution in [3.05, 3.63) is 131 Å². The van der Waals surface area contributed by atoms with Crippen molar-refractivity contribution in [3.63, 3.8) is 0 Å². The van der Waals surface area contributed by atoms with Crippen LogP contribution in [0.2, 0.25) is 5.02 Å². The molecule has 0 aromatic heterocycles. The maximum atomic E-state index is 13.1. The van der Waals surface area contributed by atoms with Crippen LogP contribution < -0.4 is 15.8 Å². The summed E-state index contributed by atoms with van der Waals surface area (Å²) in [5.41, 5.74) is 5.25. The van der Waals surface area contributed by atoms with E-state index in [1.165, 1.54) is 24.3 Å². The number of nitrogens with one attached hydrogen (secondary N) is 1. The molecule has 38 heavy (non-hydrogen) atoms. The van der Waals surface area contributed by atoms with E-state index in [0.717, 1.165) is 6.08 Å². The van der Waals surface area contributed by atoms with Crippen molar-refractivity contribution in [3.8, 4) is 11.5 Å². The highest BCUT2D eigenvalue weighted by molar-refractivity contribution is 6.33. The Balaban J connectivity index is 1.55. The largest absolute Gasteiger partial charge is 0.457 e. The number of aliphatic imine (C=N–C) groups is 1. The van der Waals surface area contributed by atoms with E-state index in [1.54, 1.807) is 48.5 Å². The van der Waals surface area contributed by atoms with Crippen LogP contribution >= 0.6 is 11.6 Å². The number of anilines is 1. The van der Waals surface area contributed by atoms with Gasteiger partial charge in [-0.1, -0.05) is 60.1 Å². The average Bonchev–Trinajstić information content (AvgIpc) is 2.90. The molecule has 4 aromatic rings. The monoisotopic (exact) mass is 535 g/mol. The minimum atomic E-state index is -4.74. The summed E-state index contributed by atoms with van der Waals surface area (Å²) in [7, 11) is 0. The van der Waals surface area contributed by atoms with Crippen LogP contribution in [-0.2, 0) is 0 Å². The number of nitrogens with zero attached hydrogens (tertiary/aromatic N) is 1. The Morgan fingerprint density at radius 3 is 2.16 bits per heavy atom. The van der Waals surface area contributed by atoms with E-state index in [0.29, 0.717) is 22.7 Å². The van der Waals surface area contributed by atoms with Crippen LogP contribution in [0.25, 0.3) is 0 Å². The van der Waals surface area contributed by atoms with Crippen LogP contribution in [0.1, 0.15) is 15.9 Å². The number of allylic oxidation sites excluding steroid dienone is 2. The molecule has 4 rings (SSSR count). The fraction of sp³-hybridized carbons (Fsp3) is 0.0345. The molecule has 0 aliphatic rings. The SMILES string of the molecule is N/C(=C\C(=Nc1ccccc1Cl)c1ccc(C(=O)Nc2cccc(Oc3ccccc3)c2)cc1)C(F)(F)F. The fourth-order valence-corrected chi connectivity index (χ4v) is 3.52. The Kier molecular flexibility index (Phi) is 8.13. The molecule has 0 bridgehead atoms. The van der Waals surface area contributed by atoms with Gasteiger partial charge in [0, 0.05) is 22.9 Å². The van der Waals surface area contributed by atoms with Crippen LogP contribution in [0.4, 0.5) is 24.5 Å². The molecule has 9 heteroatoms. The van der Waals surface area contributed by atoms with E-state index in [1.807, 2.05) is 30.3 Å². The molecule has 0 spiro atoms. The Morgan fingerprint density at radius 1 is 0.842 bits per heavy atom. The van der Waals surface area contributed by atoms with E-state index in [9.17, 15) is 18.0 Å². The third-order valence-electron chi connectivity index (χ3n) is 5.23. The number of nitrogens with two attached hydrogens (primary N) is 1. The first-order valence-electron chi connectivity index (χ1n) is 11.3. The number of carbonyl (C=O) groups is 1. The first-order chi connectivity index (χ1) is 18.2. The number of ether oxygens (including phenoxy) is 1. The molecular formula is C29H21ClF3N3O2. The first-order valence-corrected chi connectivity index (χ1v) is 11.7. The van der Waals surface area contributed by atoms with Crippen molar-refractivity contribution < 1.29 is 22.7 Å². The molecule has 0 unspecified atom stereocenters. The summed E-state index contributed by atoms with van der Waals surface area (Å²) < 4.78 is 45.2. The van der Waals surface area contributed by atoms with Gasteiger partial charge >= 0.3 is 6.18 Å². The minimum absolute atomic E-state index is 0.0642. The van der Waals surface area contributed by atoms with Crippen molar-refractivity contribution in [2.24, 2.45) is 10.7 Å². The quantitative estimate of drug-likeness (QED) is 0.236. The van der Waals surface area contributed by atoms with Gasteiger partial charge in [-0.2, -0.15) is 13.2 Å². The van der Waals surface area contributed by atoms with Crippen molar-refractivity contribution in [2.45, 2.75) is 6.18 Å². The topological polar surface area (TPSA) is 76.7 Å². The molecule has 5 nitrogen and oxygen atoms in total. The van der Waals surface area contributed by atoms with Crippen LogP contribution in [-0.4, -0.2) is 17.8 Å². The van der Waals surface area contributed by atoms with Crippen molar-refractivity contribution in [1.29, 1.82) is 0 Å². The average molecular weight is 536 g/mol. The molecule has 0 radical (unpaired) electrons. The number of para-hydroxylation sites is 2. The van der Waals surface area contributed by atoms with Gasteiger partial charge in [-0.05, 0) is 54.6 Å². The number of benzene rings is 4. The standard InChI is InChI=1S/C29H21ClF3N3O2/c30-24-11-4-5-12-25(24)36-26(18-27(34)29(31,32)33)19-13-15-20(16-14-19)28(37)35-21-7-6-10-23(17-21)38-22-8-2-1-3-9-22/h1-18H,34H2,(H,35,37)/b27-18-,36-26?. The van der Waals surface area contributed by atoms with Crippen molar-refractivity contribution >= 4 is 34.6 Å². The molecule has 4 aromatic carbocycles. The predicted molar refractivity (Wildman–Crippen MR) is 143 cm³/mol. The number of carbonyl (C=O) groups excluding carboxylic acids is 1. The van der Waals surface area contributed by atoms with Gasteiger partial charge in [0.25, 0.3) is 5.91 Å². The highest BCUT2D eigenvalue weighted by Gasteiger charge is 2.31. The highest BCUT2D eigenvalue weighted by atomic mass is 35.5. The highest BCUT2D eigenvalue weighted by Crippen LogP contribution is 2.28. The second-order valence-electron chi connectivity index (χ2n) is 8.02. The van der Waals surface area contributed by atoms with Crippen molar-refractivity contribution in [2.75, 3.05) is 5.32 Å². The number of amides is 1. The summed E-state index contributed by atoms with van der Waals surface area (Å²) in [6.45, 7) is 0. The Hall–Kier alpha value is -4.56. The predicted octanol–water partition coefficient (Wildman–Crippen LogP) is 7.91. The lowest BCUT2D eigenvalue weighted by Gasteiger charge is -2.11. The molecule has 0 atom stereocenters. The van der Waals surface area contributed by atoms with Gasteiger partial charge < -0.3 is 15.8 Å². The molecule has 0 heterocycles. The number of hydrogen-bond acceptors (Lipinski definition) is 4. The van der Waals surface area contributed by atoms with Crippen LogP contribution in [0.5, 0.6) is 11.5 Å². The number of halogens is 4. The van der Waals surface area contributed by atoms with Crippen molar-refractivity contribution in [1.82, 2.24) is 0 Å². The van der Waals surface area contributed by atoms with Gasteiger partial charge in [0.1, 0.15) is 17.2 Å². The summed E-state index contributed by atoms with van der Waals surface area (Å²) in [5, 5.41) is 3.05. The normalized spacial score (nSPS) is 12.2. The Labute approximate surface area is 222 Å². The van der Waals surface area contributed by atoms with E-state index >= 15 is 0 Å². The second kappa shape index (κ2) is 11.7. The van der Waals surface area contributed by atoms with E-state index < -0.39 is 17.8 Å². The molecule has 0 saturated heterocycles. The zero-order valence-electron chi connectivity index (χ0n) is 19.7. The summed E-state index contributed by atoms with van der Waals surface area (Å²) >= 11 is 6.14. The van der Waals surface area contributed by atoms with Gasteiger partial charge in [0.2, 0.25) is 0 Å². The van der Waals surface area contributed by atoms with Crippen LogP contribution in [0, 0.1) is 0 Å². The summed E-state index contributed by atoms with van der Waals surface area (Å²) in [6.07, 6.45) is -4.00. The maximum Gasteiger partial charge on any atom is 0.430 e. The van der Waals surface area contributed by atoms with E-state index in [-0.39, 0.29) is 22.0 Å². The van der Waals surface area contributed by atoms with Gasteiger partial charge in [0.15, 0.2) is 0 Å². The number of hydrogen-bond donors (Lipinski definition) is 2. The molecule has 192 valence electrons. The lowest BCUT2D eigenvalue weighted by Crippen LogP contribution is -2.21. The zero-order chi connectivity index (χ0) is 27.1. The smallest absolute Gasteiger partial charge is 0.430 e. The molecule has 3 N–H and O–H groups in total. The lowest BCUT2D eigenvalue weighted by molar-refractivity contribution is -0.0925. The van der Waals surface area contributed by atoms with Gasteiger partial charge in [-0.15, -0.1) is 0 Å². The molecule has 0 aliphatic carbocycles. The fourth-order valence-electron chi connectivity index (χ4n) is 3.34. The third-order valence-corrected chi connectivity index (χ3v) is 5.55. The van der Waals surface area contributed by atoms with Gasteiger partial charge in [-0.3, -0.25) is 4.79 Å². The maximum absolute atomic E-state index is 13.1. The van der Waals surface area contributed by atoms with E-state index in [4.69, 9.17) is 22.1 Å². The number of rotatable bonds is 7. The summed E-state index contributed by atoms with van der Waals surface area (Å²) in [6, 6.07) is 28.5. The van der Waals surface area contributed by atoms with Crippen LogP contribution in [0.3, 0.4) is 0 Å². The minimum Gasteiger partial charge on any atom is -0.457 e. The second-order valence-corrected chi connectivity index (χ2v) is 8.43. The third kappa shape index (κ3) is 7.02. The summed E-state index contributed by atoms with van der Waals surface area (Å²) in [4.78, 5) is 17.1. The molecule has 0 saturated carbocycles. The first kappa shape index (κ1) is 26.5. The van der Waals surface area contributed by atoms with E-state index in [2.05, 4.69) is 10.3 Å². The number of alkyl halides is 3. The molecule has 1 amide bonds. The lowest BCUT2D eigenvalue weighted by atomic mass is 10.1.